The number of carbonyl (C=O) groups excluding carboxylic acids is 6. The minimum Gasteiger partial charge on any atom is -0.467 e. The van der Waals surface area contributed by atoms with Crippen LogP contribution in [-0.2, 0) is 59.6 Å². The van der Waals surface area contributed by atoms with E-state index in [2.05, 4.69) is 20.9 Å². The molecule has 0 saturated carbocycles. The zero-order chi connectivity index (χ0) is 40.4. The Balaban J connectivity index is 1.25. The van der Waals surface area contributed by atoms with Crippen molar-refractivity contribution >= 4 is 42.0 Å². The number of urea groups is 1. The van der Waals surface area contributed by atoms with E-state index in [0.717, 1.165) is 21.6 Å². The van der Waals surface area contributed by atoms with E-state index < -0.39 is 54.1 Å². The van der Waals surface area contributed by atoms with Gasteiger partial charge in [-0.3, -0.25) is 20.4 Å². The molecule has 1 fully saturated rings. The maximum Gasteiger partial charge on any atom is 0.414 e. The first kappa shape index (κ1) is 41.1. The van der Waals surface area contributed by atoms with Crippen LogP contribution in [-0.4, -0.2) is 72.7 Å². The highest BCUT2D eigenvalue weighted by Gasteiger charge is 2.55. The van der Waals surface area contributed by atoms with Crippen molar-refractivity contribution in [1.29, 1.82) is 0 Å². The van der Waals surface area contributed by atoms with Gasteiger partial charge in [-0.15, -0.1) is 0 Å². The van der Waals surface area contributed by atoms with Gasteiger partial charge < -0.3 is 24.3 Å². The van der Waals surface area contributed by atoms with Crippen molar-refractivity contribution in [3.8, 4) is 0 Å². The Bertz CT molecular complexity index is 1940. The fourth-order valence-electron chi connectivity index (χ4n) is 5.87. The van der Waals surface area contributed by atoms with Crippen LogP contribution in [0.4, 0.5) is 14.4 Å². The van der Waals surface area contributed by atoms with Crippen LogP contribution in [0.3, 0.4) is 0 Å². The van der Waals surface area contributed by atoms with Crippen LogP contribution in [0.2, 0.25) is 0 Å². The first-order valence-electron chi connectivity index (χ1n) is 18.2. The van der Waals surface area contributed by atoms with E-state index in [4.69, 9.17) is 18.9 Å². The minimum absolute atomic E-state index is 0.0312. The molecule has 4 aromatic carbocycles. The quantitative estimate of drug-likeness (QED) is 0.0368. The summed E-state index contributed by atoms with van der Waals surface area (Å²) in [5, 5.41) is 7.36. The lowest BCUT2D eigenvalue weighted by atomic mass is 9.83. The number of alkyl carbamates (subject to hydrolysis) is 2. The Hall–Kier alpha value is -7.03. The molecule has 0 aromatic heterocycles. The number of carbonyl (C=O) groups is 6. The van der Waals surface area contributed by atoms with E-state index in [1.165, 1.54) is 7.11 Å². The second kappa shape index (κ2) is 21.2. The molecule has 1 heterocycles. The lowest BCUT2D eigenvalue weighted by Crippen LogP contribution is -2.69. The molecule has 4 aromatic rings. The molecule has 15 heteroatoms. The highest BCUT2D eigenvalue weighted by atomic mass is 16.6. The highest BCUT2D eigenvalue weighted by molar-refractivity contribution is 6.08. The summed E-state index contributed by atoms with van der Waals surface area (Å²) < 4.78 is 21.0. The number of imide groups is 1. The summed E-state index contributed by atoms with van der Waals surface area (Å²) in [6.45, 7) is -0.213. The predicted octanol–water partition coefficient (Wildman–Crippen LogP) is 5.04. The minimum atomic E-state index is -1.31. The SMILES string of the molecule is COC(=O)C(Cc1ccccc1)NC(=O)N1C(=O)[C@H](CCCN=C(NC(=O)OCc2ccccc2)NC(=O)OCc2ccccc2)C1C(=O)OCc1ccccc1. The van der Waals surface area contributed by atoms with Gasteiger partial charge in [0.1, 0.15) is 25.9 Å². The third-order valence-corrected chi connectivity index (χ3v) is 8.77. The van der Waals surface area contributed by atoms with Gasteiger partial charge in [0, 0.05) is 13.0 Å². The number of nitrogens with zero attached hydrogens (tertiary/aromatic N) is 2. The number of amides is 5. The van der Waals surface area contributed by atoms with E-state index in [1.54, 1.807) is 103 Å². The molecule has 2 unspecified atom stereocenters. The largest absolute Gasteiger partial charge is 0.467 e. The molecule has 296 valence electrons. The fourth-order valence-corrected chi connectivity index (χ4v) is 5.87. The summed E-state index contributed by atoms with van der Waals surface area (Å²) in [6.07, 6.45) is -1.45. The Morgan fingerprint density at radius 2 is 1.12 bits per heavy atom. The van der Waals surface area contributed by atoms with Crippen molar-refractivity contribution in [2.75, 3.05) is 13.7 Å². The van der Waals surface area contributed by atoms with Crippen molar-refractivity contribution in [1.82, 2.24) is 20.9 Å². The molecule has 5 rings (SSSR count). The van der Waals surface area contributed by atoms with Crippen molar-refractivity contribution in [3.05, 3.63) is 144 Å². The lowest BCUT2D eigenvalue weighted by molar-refractivity contribution is -0.170. The standard InChI is InChI=1S/C42H43N5O10/c1-54-37(49)34(25-29-15-6-2-7-16-29)44-40(51)47-35(38(50)55-26-30-17-8-3-9-18-30)33(36(47)48)23-14-24-43-39(45-41(52)56-27-31-19-10-4-11-20-31)46-42(53)57-28-32-21-12-5-13-22-32/h2-13,15-22,33-35H,14,23-28H2,1H3,(H,44,51)(H2,43,45,46,52,53)/t33-,34?,35?/m1/s1. The molecule has 1 saturated heterocycles. The zero-order valence-electron chi connectivity index (χ0n) is 31.2. The van der Waals surface area contributed by atoms with E-state index in [0.29, 0.717) is 5.56 Å². The molecule has 0 radical (unpaired) electrons. The molecular weight excluding hydrogens is 734 g/mol. The molecule has 3 atom stereocenters. The number of hydrogen-bond acceptors (Lipinski definition) is 11. The van der Waals surface area contributed by atoms with Gasteiger partial charge >= 0.3 is 30.2 Å². The van der Waals surface area contributed by atoms with Crippen molar-refractivity contribution in [3.63, 3.8) is 0 Å². The second-order valence-corrected chi connectivity index (χ2v) is 12.8. The molecule has 57 heavy (non-hydrogen) atoms. The molecule has 0 spiro atoms. The highest BCUT2D eigenvalue weighted by Crippen LogP contribution is 2.32. The van der Waals surface area contributed by atoms with Crippen LogP contribution in [0, 0.1) is 5.92 Å². The number of benzene rings is 4. The maximum absolute atomic E-state index is 13.6. The van der Waals surface area contributed by atoms with Gasteiger partial charge in [0.05, 0.1) is 13.0 Å². The Labute approximate surface area is 329 Å². The first-order valence-corrected chi connectivity index (χ1v) is 18.2. The van der Waals surface area contributed by atoms with Gasteiger partial charge in [-0.05, 0) is 35.1 Å². The normalized spacial score (nSPS) is 14.8. The van der Waals surface area contributed by atoms with Gasteiger partial charge in [-0.1, -0.05) is 121 Å². The number of nitrogens with one attached hydrogen (secondary N) is 3. The maximum atomic E-state index is 13.6. The van der Waals surface area contributed by atoms with Gasteiger partial charge in [-0.25, -0.2) is 28.9 Å². The molecule has 15 nitrogen and oxygen atoms in total. The number of aliphatic imine (C=N–C) groups is 1. The number of hydrogen-bond donors (Lipinski definition) is 3. The van der Waals surface area contributed by atoms with Crippen molar-refractivity contribution < 1.29 is 47.7 Å². The molecule has 5 amide bonds. The van der Waals surface area contributed by atoms with E-state index in [1.807, 2.05) is 18.2 Å². The molecule has 0 bridgehead atoms. The van der Waals surface area contributed by atoms with E-state index in [-0.39, 0.29) is 51.6 Å². The van der Waals surface area contributed by atoms with Gasteiger partial charge in [-0.2, -0.15) is 0 Å². The summed E-state index contributed by atoms with van der Waals surface area (Å²) >= 11 is 0. The van der Waals surface area contributed by atoms with Crippen molar-refractivity contribution in [2.24, 2.45) is 10.9 Å². The Kier molecular flexibility index (Phi) is 15.3. The average Bonchev–Trinajstić information content (AvgIpc) is 3.23. The summed E-state index contributed by atoms with van der Waals surface area (Å²) in [5.41, 5.74) is 2.91. The summed E-state index contributed by atoms with van der Waals surface area (Å²) in [5.74, 6) is -3.45. The average molecular weight is 778 g/mol. The third kappa shape index (κ3) is 12.5. The molecule has 1 aliphatic rings. The topological polar surface area (TPSA) is 191 Å². The van der Waals surface area contributed by atoms with E-state index in [9.17, 15) is 28.8 Å². The van der Waals surface area contributed by atoms with Gasteiger partial charge in [0.15, 0.2) is 6.04 Å². The summed E-state index contributed by atoms with van der Waals surface area (Å²) in [4.78, 5) is 83.6. The number of ether oxygens (including phenoxy) is 4. The monoisotopic (exact) mass is 777 g/mol. The third-order valence-electron chi connectivity index (χ3n) is 8.77. The number of likely N-dealkylation sites (tertiary alicyclic amines) is 1. The number of esters is 2. The summed E-state index contributed by atoms with van der Waals surface area (Å²) in [7, 11) is 1.18. The van der Waals surface area contributed by atoms with E-state index >= 15 is 0 Å². The summed E-state index contributed by atoms with van der Waals surface area (Å²) in [6, 6.07) is 32.4. The molecule has 1 aliphatic heterocycles. The number of guanidine groups is 1. The van der Waals surface area contributed by atoms with Crippen LogP contribution >= 0.6 is 0 Å². The predicted molar refractivity (Wildman–Crippen MR) is 206 cm³/mol. The Morgan fingerprint density at radius 3 is 1.60 bits per heavy atom. The number of β-lactam (4-membered cyclic amide) rings is 1. The number of methoxy groups -OCH3 is 1. The Morgan fingerprint density at radius 1 is 0.667 bits per heavy atom. The van der Waals surface area contributed by atoms with Crippen molar-refractivity contribution in [2.45, 2.75) is 51.2 Å². The first-order chi connectivity index (χ1) is 27.7. The lowest BCUT2D eigenvalue weighted by Gasteiger charge is -2.44. The van der Waals surface area contributed by atoms with Crippen LogP contribution < -0.4 is 16.0 Å². The van der Waals surface area contributed by atoms with Crippen LogP contribution in [0.25, 0.3) is 0 Å². The van der Waals surface area contributed by atoms with Gasteiger partial charge in [0.2, 0.25) is 11.9 Å². The smallest absolute Gasteiger partial charge is 0.414 e. The zero-order valence-corrected chi connectivity index (χ0v) is 31.2. The second-order valence-electron chi connectivity index (χ2n) is 12.8. The fraction of sp³-hybridized carbons (Fsp3) is 0.262. The molecular formula is C42H43N5O10. The van der Waals surface area contributed by atoms with Crippen LogP contribution in [0.5, 0.6) is 0 Å². The van der Waals surface area contributed by atoms with Crippen LogP contribution in [0.1, 0.15) is 35.1 Å². The molecule has 0 aliphatic carbocycles. The van der Waals surface area contributed by atoms with Crippen LogP contribution in [0.15, 0.2) is 126 Å². The number of rotatable bonds is 15. The van der Waals surface area contributed by atoms with Gasteiger partial charge in [0.25, 0.3) is 0 Å². The molecule has 3 N–H and O–H groups in total.